The molecule has 0 bridgehead atoms. The van der Waals surface area contributed by atoms with Crippen molar-refractivity contribution >= 4 is 27.6 Å². The van der Waals surface area contributed by atoms with E-state index in [0.717, 1.165) is 10.0 Å². The molecule has 0 radical (unpaired) electrons. The maximum absolute atomic E-state index is 11.9. The topological polar surface area (TPSA) is 77.1 Å². The molecule has 2 aromatic heterocycles. The highest BCUT2D eigenvalue weighted by atomic mass is 79.9. The number of aromatic nitrogens is 2. The fourth-order valence-corrected chi connectivity index (χ4v) is 2.42. The predicted octanol–water partition coefficient (Wildman–Crippen LogP) is 2.94. The van der Waals surface area contributed by atoms with Crippen LogP contribution in [0.4, 0.5) is 0 Å². The molecule has 7 heteroatoms. The number of Topliss-reactive ketones (excluding diaryl/α,β-unsaturated/α-hetero) is 1. The van der Waals surface area contributed by atoms with Crippen LogP contribution in [0.3, 0.4) is 0 Å². The summed E-state index contributed by atoms with van der Waals surface area (Å²) in [7, 11) is 1.68. The molecule has 0 aliphatic carbocycles. The monoisotopic (exact) mass is 387 g/mol. The minimum atomic E-state index is -0.690. The third-order valence-electron chi connectivity index (χ3n) is 3.39. The molecule has 0 unspecified atom stereocenters. The van der Waals surface area contributed by atoms with Crippen LogP contribution in [0.25, 0.3) is 11.3 Å². The average Bonchev–Trinajstić information content (AvgIpc) is 3.22. The number of nitrogens with zero attached hydrogens (tertiary/aromatic N) is 2. The van der Waals surface area contributed by atoms with E-state index in [-0.39, 0.29) is 12.1 Å². The first kappa shape index (κ1) is 16.2. The number of furan rings is 1. The van der Waals surface area contributed by atoms with E-state index in [9.17, 15) is 9.59 Å². The van der Waals surface area contributed by atoms with Gasteiger partial charge in [-0.2, -0.15) is 5.10 Å². The number of amides is 1. The number of halogens is 1. The van der Waals surface area contributed by atoms with Gasteiger partial charge in [-0.05, 0) is 24.3 Å². The summed E-state index contributed by atoms with van der Waals surface area (Å²) < 4.78 is 8.15. The van der Waals surface area contributed by atoms with Crippen LogP contribution in [0.1, 0.15) is 16.1 Å². The van der Waals surface area contributed by atoms with Crippen molar-refractivity contribution < 1.29 is 14.0 Å². The van der Waals surface area contributed by atoms with Gasteiger partial charge in [0.05, 0.1) is 18.3 Å². The van der Waals surface area contributed by atoms with Crippen LogP contribution in [0.2, 0.25) is 0 Å². The third-order valence-corrected chi connectivity index (χ3v) is 3.92. The molecule has 2 heterocycles. The van der Waals surface area contributed by atoms with Crippen molar-refractivity contribution in [1.82, 2.24) is 15.1 Å². The number of nitrogens with one attached hydrogen (secondary N) is 1. The van der Waals surface area contributed by atoms with Crippen LogP contribution >= 0.6 is 15.9 Å². The Morgan fingerprint density at radius 3 is 2.62 bits per heavy atom. The highest BCUT2D eigenvalue weighted by molar-refractivity contribution is 9.10. The molecule has 0 aliphatic rings. The van der Waals surface area contributed by atoms with Crippen molar-refractivity contribution in [2.45, 2.75) is 6.54 Å². The molecule has 0 aliphatic heterocycles. The molecule has 0 saturated carbocycles. The third kappa shape index (κ3) is 3.62. The number of aryl methyl sites for hydroxylation is 1. The molecule has 122 valence electrons. The van der Waals surface area contributed by atoms with Crippen molar-refractivity contribution in [3.05, 3.63) is 64.6 Å². The van der Waals surface area contributed by atoms with Gasteiger partial charge in [0, 0.05) is 23.3 Å². The largest absolute Gasteiger partial charge is 0.459 e. The Kier molecular flexibility index (Phi) is 4.61. The average molecular weight is 388 g/mol. The molecule has 6 nitrogen and oxygen atoms in total. The van der Waals surface area contributed by atoms with Gasteiger partial charge in [-0.25, -0.2) is 0 Å². The predicted molar refractivity (Wildman–Crippen MR) is 91.2 cm³/mol. The molecule has 0 spiro atoms. The fourth-order valence-electron chi connectivity index (χ4n) is 2.16. The standard InChI is InChI=1S/C17H14BrN3O3/c1-21-10-12(8-20-21)16(22)17(23)19-9-14-6-7-15(24-14)11-2-4-13(18)5-3-11/h2-8,10H,9H2,1H3,(H,19,23). The number of carbonyl (C=O) groups excluding carboxylic acids is 2. The second-order valence-corrected chi connectivity index (χ2v) is 6.10. The van der Waals surface area contributed by atoms with Gasteiger partial charge in [0.1, 0.15) is 11.5 Å². The molecule has 3 rings (SSSR count). The van der Waals surface area contributed by atoms with Crippen LogP contribution in [0.15, 0.2) is 57.7 Å². The Hall–Kier alpha value is -2.67. The van der Waals surface area contributed by atoms with Gasteiger partial charge < -0.3 is 9.73 Å². The molecule has 0 fully saturated rings. The maximum atomic E-state index is 11.9. The van der Waals surface area contributed by atoms with Crippen molar-refractivity contribution in [2.75, 3.05) is 0 Å². The van der Waals surface area contributed by atoms with Crippen LogP contribution in [-0.2, 0) is 18.4 Å². The smallest absolute Gasteiger partial charge is 0.292 e. The summed E-state index contributed by atoms with van der Waals surface area (Å²) in [6.45, 7) is 0.140. The lowest BCUT2D eigenvalue weighted by atomic mass is 10.2. The lowest BCUT2D eigenvalue weighted by Crippen LogP contribution is -2.30. The number of hydrogen-bond donors (Lipinski definition) is 1. The van der Waals surface area contributed by atoms with Gasteiger partial charge in [0.2, 0.25) is 0 Å². The maximum Gasteiger partial charge on any atom is 0.292 e. The normalized spacial score (nSPS) is 10.6. The molecule has 3 aromatic rings. The Labute approximate surface area is 146 Å². The first-order chi connectivity index (χ1) is 11.5. The Bertz CT molecular complexity index is 881. The lowest BCUT2D eigenvalue weighted by molar-refractivity contribution is -0.117. The quantitative estimate of drug-likeness (QED) is 0.539. The van der Waals surface area contributed by atoms with Gasteiger partial charge in [-0.3, -0.25) is 14.3 Å². The first-order valence-corrected chi connectivity index (χ1v) is 7.98. The number of benzene rings is 1. The summed E-state index contributed by atoms with van der Waals surface area (Å²) in [5.41, 5.74) is 1.19. The van der Waals surface area contributed by atoms with Gasteiger partial charge in [-0.1, -0.05) is 28.1 Å². The van der Waals surface area contributed by atoms with E-state index in [1.807, 2.05) is 30.3 Å². The van der Waals surface area contributed by atoms with Crippen LogP contribution in [0, 0.1) is 0 Å². The second-order valence-electron chi connectivity index (χ2n) is 5.19. The Morgan fingerprint density at radius 2 is 1.96 bits per heavy atom. The van der Waals surface area contributed by atoms with E-state index < -0.39 is 11.7 Å². The number of rotatable bonds is 5. The fraction of sp³-hybridized carbons (Fsp3) is 0.118. The zero-order valence-corrected chi connectivity index (χ0v) is 14.4. The molecular formula is C17H14BrN3O3. The highest BCUT2D eigenvalue weighted by Crippen LogP contribution is 2.23. The van der Waals surface area contributed by atoms with Gasteiger partial charge in [0.25, 0.3) is 11.7 Å². The summed E-state index contributed by atoms with van der Waals surface area (Å²) in [6.07, 6.45) is 2.86. The molecule has 24 heavy (non-hydrogen) atoms. The van der Waals surface area contributed by atoms with Gasteiger partial charge in [-0.15, -0.1) is 0 Å². The van der Waals surface area contributed by atoms with E-state index in [2.05, 4.69) is 26.3 Å². The molecule has 1 aromatic carbocycles. The molecule has 0 atom stereocenters. The Morgan fingerprint density at radius 1 is 1.21 bits per heavy atom. The summed E-state index contributed by atoms with van der Waals surface area (Å²) >= 11 is 3.38. The van der Waals surface area contributed by atoms with Crippen LogP contribution in [-0.4, -0.2) is 21.5 Å². The molecule has 1 amide bonds. The summed E-state index contributed by atoms with van der Waals surface area (Å²) in [6, 6.07) is 11.3. The number of hydrogen-bond acceptors (Lipinski definition) is 4. The van der Waals surface area contributed by atoms with E-state index >= 15 is 0 Å². The van der Waals surface area contributed by atoms with Gasteiger partial charge in [0.15, 0.2) is 0 Å². The summed E-state index contributed by atoms with van der Waals surface area (Å²) in [5, 5.41) is 6.43. The van der Waals surface area contributed by atoms with Crippen LogP contribution < -0.4 is 5.32 Å². The SMILES string of the molecule is Cn1cc(C(=O)C(=O)NCc2ccc(-c3ccc(Br)cc3)o2)cn1. The highest BCUT2D eigenvalue weighted by Gasteiger charge is 2.18. The summed E-state index contributed by atoms with van der Waals surface area (Å²) in [4.78, 5) is 23.8. The lowest BCUT2D eigenvalue weighted by Gasteiger charge is -2.01. The molecule has 1 N–H and O–H groups in total. The van der Waals surface area contributed by atoms with Gasteiger partial charge >= 0.3 is 0 Å². The zero-order chi connectivity index (χ0) is 17.1. The van der Waals surface area contributed by atoms with Crippen molar-refractivity contribution in [1.29, 1.82) is 0 Å². The minimum Gasteiger partial charge on any atom is -0.459 e. The summed E-state index contributed by atoms with van der Waals surface area (Å²) in [5.74, 6) is -0.0435. The van der Waals surface area contributed by atoms with Crippen molar-refractivity contribution in [3.8, 4) is 11.3 Å². The van der Waals surface area contributed by atoms with Crippen molar-refractivity contribution in [3.63, 3.8) is 0 Å². The molecular weight excluding hydrogens is 374 g/mol. The molecule has 0 saturated heterocycles. The number of ketones is 1. The minimum absolute atomic E-state index is 0.140. The zero-order valence-electron chi connectivity index (χ0n) is 12.8. The van der Waals surface area contributed by atoms with E-state index in [1.165, 1.54) is 17.1 Å². The van der Waals surface area contributed by atoms with Crippen LogP contribution in [0.5, 0.6) is 0 Å². The Balaban J connectivity index is 1.62. The van der Waals surface area contributed by atoms with E-state index in [4.69, 9.17) is 4.42 Å². The second kappa shape index (κ2) is 6.84. The van der Waals surface area contributed by atoms with Crippen molar-refractivity contribution in [2.24, 2.45) is 7.05 Å². The van der Waals surface area contributed by atoms with E-state index in [1.54, 1.807) is 13.1 Å². The first-order valence-electron chi connectivity index (χ1n) is 7.19. The number of carbonyl (C=O) groups is 2. The van der Waals surface area contributed by atoms with E-state index in [0.29, 0.717) is 11.5 Å².